The molecule has 0 saturated carbocycles. The van der Waals surface area contributed by atoms with Crippen molar-refractivity contribution in [3.05, 3.63) is 23.8 Å². The molecular weight excluding hydrogens is 227 g/mol. The van der Waals surface area contributed by atoms with Crippen LogP contribution in [0, 0.1) is 0 Å². The second-order valence-corrected chi connectivity index (χ2v) is 5.82. The number of rotatable bonds is 2. The summed E-state index contributed by atoms with van der Waals surface area (Å²) >= 11 is 0. The number of aryl methyl sites for hydroxylation is 1. The molecule has 1 aromatic carbocycles. The Balaban J connectivity index is 2.37. The Kier molecular flexibility index (Phi) is 3.20. The lowest BCUT2D eigenvalue weighted by atomic mass is 9.75. The second-order valence-electron chi connectivity index (χ2n) is 5.82. The van der Waals surface area contributed by atoms with Gasteiger partial charge < -0.3 is 14.4 Å². The fraction of sp³-hybridized carbons (Fsp3) is 0.571. The van der Waals surface area contributed by atoms with Crippen LogP contribution >= 0.6 is 0 Å². The SMILES string of the molecule is CCc1ccc(O)cc1B1OC(C)(C)C(C)(C)O1. The maximum absolute atomic E-state index is 9.64. The normalized spacial score (nSPS) is 21.3. The van der Waals surface area contributed by atoms with E-state index in [0.29, 0.717) is 0 Å². The lowest BCUT2D eigenvalue weighted by Crippen LogP contribution is -2.41. The molecule has 0 spiro atoms. The van der Waals surface area contributed by atoms with E-state index in [4.69, 9.17) is 9.31 Å². The van der Waals surface area contributed by atoms with E-state index >= 15 is 0 Å². The van der Waals surface area contributed by atoms with Crippen LogP contribution in [0.5, 0.6) is 5.75 Å². The van der Waals surface area contributed by atoms with Gasteiger partial charge in [0, 0.05) is 0 Å². The monoisotopic (exact) mass is 248 g/mol. The highest BCUT2D eigenvalue weighted by Gasteiger charge is 2.52. The highest BCUT2D eigenvalue weighted by Crippen LogP contribution is 2.36. The van der Waals surface area contributed by atoms with Gasteiger partial charge in [-0.25, -0.2) is 0 Å². The molecule has 1 N–H and O–H groups in total. The van der Waals surface area contributed by atoms with Crippen molar-refractivity contribution in [2.75, 3.05) is 0 Å². The van der Waals surface area contributed by atoms with Gasteiger partial charge in [0.1, 0.15) is 5.75 Å². The molecule has 0 bridgehead atoms. The van der Waals surface area contributed by atoms with E-state index < -0.39 is 7.12 Å². The Hall–Kier alpha value is -0.995. The molecule has 1 aliphatic heterocycles. The number of aromatic hydroxyl groups is 1. The zero-order chi connectivity index (χ0) is 13.6. The zero-order valence-corrected chi connectivity index (χ0v) is 11.8. The van der Waals surface area contributed by atoms with Crippen molar-refractivity contribution >= 4 is 12.6 Å². The summed E-state index contributed by atoms with van der Waals surface area (Å²) in [5.74, 6) is 0.247. The standard InChI is InChI=1S/C14H21BO3/c1-6-10-7-8-11(16)9-12(10)15-17-13(2,3)14(4,5)18-15/h7-9,16H,6H2,1-5H3. The molecule has 3 nitrogen and oxygen atoms in total. The van der Waals surface area contributed by atoms with Crippen LogP contribution in [0.1, 0.15) is 40.2 Å². The number of benzene rings is 1. The number of hydrogen-bond acceptors (Lipinski definition) is 3. The molecule has 0 aliphatic carbocycles. The summed E-state index contributed by atoms with van der Waals surface area (Å²) in [4.78, 5) is 0. The summed E-state index contributed by atoms with van der Waals surface area (Å²) in [7, 11) is -0.406. The maximum atomic E-state index is 9.64. The Morgan fingerprint density at radius 2 is 1.67 bits per heavy atom. The molecule has 1 aliphatic rings. The lowest BCUT2D eigenvalue weighted by molar-refractivity contribution is 0.00578. The highest BCUT2D eigenvalue weighted by atomic mass is 16.7. The van der Waals surface area contributed by atoms with Crippen molar-refractivity contribution in [3.63, 3.8) is 0 Å². The average molecular weight is 248 g/mol. The third kappa shape index (κ3) is 2.15. The molecule has 0 aromatic heterocycles. The van der Waals surface area contributed by atoms with Crippen molar-refractivity contribution in [1.29, 1.82) is 0 Å². The first-order valence-corrected chi connectivity index (χ1v) is 6.44. The van der Waals surface area contributed by atoms with Crippen molar-refractivity contribution in [1.82, 2.24) is 0 Å². The Bertz CT molecular complexity index is 438. The molecular formula is C14H21BO3. The van der Waals surface area contributed by atoms with Crippen molar-refractivity contribution < 1.29 is 14.4 Å². The Morgan fingerprint density at radius 3 is 2.17 bits per heavy atom. The topological polar surface area (TPSA) is 38.7 Å². The molecule has 98 valence electrons. The van der Waals surface area contributed by atoms with Crippen LogP contribution in [0.3, 0.4) is 0 Å². The first kappa shape index (κ1) is 13.4. The summed E-state index contributed by atoms with van der Waals surface area (Å²) in [5.41, 5.74) is 1.37. The van der Waals surface area contributed by atoms with Gasteiger partial charge in [0.25, 0.3) is 0 Å². The minimum atomic E-state index is -0.406. The van der Waals surface area contributed by atoms with Gasteiger partial charge in [-0.3, -0.25) is 0 Å². The van der Waals surface area contributed by atoms with E-state index in [1.54, 1.807) is 12.1 Å². The van der Waals surface area contributed by atoms with Gasteiger partial charge in [0.15, 0.2) is 0 Å². The first-order chi connectivity index (χ1) is 8.27. The van der Waals surface area contributed by atoms with Crippen LogP contribution < -0.4 is 5.46 Å². The van der Waals surface area contributed by atoms with Gasteiger partial charge in [0.05, 0.1) is 11.2 Å². The van der Waals surface area contributed by atoms with Crippen LogP contribution in [0.25, 0.3) is 0 Å². The van der Waals surface area contributed by atoms with E-state index in [2.05, 4.69) is 6.92 Å². The molecule has 1 saturated heterocycles. The molecule has 4 heteroatoms. The van der Waals surface area contributed by atoms with Gasteiger partial charge >= 0.3 is 7.12 Å². The Labute approximate surface area is 109 Å². The van der Waals surface area contributed by atoms with E-state index in [1.807, 2.05) is 33.8 Å². The molecule has 1 heterocycles. The molecule has 0 atom stereocenters. The van der Waals surface area contributed by atoms with Crippen LogP contribution in [-0.4, -0.2) is 23.4 Å². The molecule has 0 amide bonds. The zero-order valence-electron chi connectivity index (χ0n) is 11.8. The largest absolute Gasteiger partial charge is 0.508 e. The fourth-order valence-corrected chi connectivity index (χ4v) is 2.09. The summed E-state index contributed by atoms with van der Waals surface area (Å²) in [6.45, 7) is 10.2. The van der Waals surface area contributed by atoms with E-state index in [-0.39, 0.29) is 17.0 Å². The van der Waals surface area contributed by atoms with E-state index in [9.17, 15) is 5.11 Å². The van der Waals surface area contributed by atoms with Crippen LogP contribution in [0.4, 0.5) is 0 Å². The smallest absolute Gasteiger partial charge is 0.495 e. The fourth-order valence-electron chi connectivity index (χ4n) is 2.09. The van der Waals surface area contributed by atoms with Gasteiger partial charge in [0.2, 0.25) is 0 Å². The lowest BCUT2D eigenvalue weighted by Gasteiger charge is -2.32. The first-order valence-electron chi connectivity index (χ1n) is 6.44. The van der Waals surface area contributed by atoms with Gasteiger partial charge in [-0.1, -0.05) is 13.0 Å². The van der Waals surface area contributed by atoms with Crippen LogP contribution in [0.2, 0.25) is 0 Å². The number of phenols is 1. The second kappa shape index (κ2) is 4.28. The molecule has 0 radical (unpaired) electrons. The van der Waals surface area contributed by atoms with Crippen LogP contribution in [-0.2, 0) is 15.7 Å². The summed E-state index contributed by atoms with van der Waals surface area (Å²) in [6.07, 6.45) is 0.889. The summed E-state index contributed by atoms with van der Waals surface area (Å²) < 4.78 is 12.0. The molecule has 0 unspecified atom stereocenters. The predicted molar refractivity (Wildman–Crippen MR) is 73.2 cm³/mol. The average Bonchev–Trinajstić information content (AvgIpc) is 2.48. The number of phenolic OH excluding ortho intramolecular Hbond substituents is 1. The summed E-state index contributed by atoms with van der Waals surface area (Å²) in [5, 5.41) is 9.64. The molecule has 1 fully saturated rings. The van der Waals surface area contributed by atoms with Crippen molar-refractivity contribution in [2.45, 2.75) is 52.2 Å². The third-order valence-corrected chi connectivity index (χ3v) is 4.02. The highest BCUT2D eigenvalue weighted by molar-refractivity contribution is 6.62. The quantitative estimate of drug-likeness (QED) is 0.816. The van der Waals surface area contributed by atoms with Gasteiger partial charge in [-0.05, 0) is 57.3 Å². The molecule has 2 rings (SSSR count). The van der Waals surface area contributed by atoms with Gasteiger partial charge in [-0.2, -0.15) is 0 Å². The maximum Gasteiger partial charge on any atom is 0.495 e. The summed E-state index contributed by atoms with van der Waals surface area (Å²) in [6, 6.07) is 5.37. The van der Waals surface area contributed by atoms with Crippen LogP contribution in [0.15, 0.2) is 18.2 Å². The molecule has 18 heavy (non-hydrogen) atoms. The molecule has 1 aromatic rings. The minimum absolute atomic E-state index is 0.247. The van der Waals surface area contributed by atoms with Crippen molar-refractivity contribution in [3.8, 4) is 5.75 Å². The van der Waals surface area contributed by atoms with E-state index in [1.165, 1.54) is 0 Å². The number of hydrogen-bond donors (Lipinski definition) is 1. The Morgan fingerprint density at radius 1 is 1.11 bits per heavy atom. The minimum Gasteiger partial charge on any atom is -0.508 e. The van der Waals surface area contributed by atoms with Gasteiger partial charge in [-0.15, -0.1) is 0 Å². The predicted octanol–water partition coefficient (Wildman–Crippen LogP) is 2.25. The van der Waals surface area contributed by atoms with E-state index in [0.717, 1.165) is 17.4 Å². The third-order valence-electron chi connectivity index (χ3n) is 4.02. The van der Waals surface area contributed by atoms with Crippen molar-refractivity contribution in [2.24, 2.45) is 0 Å².